The quantitative estimate of drug-likeness (QED) is 0.821. The number of hydrogen-bond donors (Lipinski definition) is 2. The van der Waals surface area contributed by atoms with E-state index in [9.17, 15) is 0 Å². The third-order valence-corrected chi connectivity index (χ3v) is 2.41. The fourth-order valence-electron chi connectivity index (χ4n) is 1.73. The molecule has 0 spiro atoms. The number of aromatic amines is 1. The highest BCUT2D eigenvalue weighted by molar-refractivity contribution is 5.73. The van der Waals surface area contributed by atoms with Crippen LogP contribution in [0.3, 0.4) is 0 Å². The van der Waals surface area contributed by atoms with E-state index in [4.69, 9.17) is 5.73 Å². The largest absolute Gasteiger partial charge is 0.384 e. The fourth-order valence-corrected chi connectivity index (χ4v) is 1.73. The van der Waals surface area contributed by atoms with E-state index in [0.29, 0.717) is 5.82 Å². The molecular formula is C12H16N4. The summed E-state index contributed by atoms with van der Waals surface area (Å²) in [7, 11) is 4.11. The lowest BCUT2D eigenvalue weighted by Crippen LogP contribution is -2.10. The second kappa shape index (κ2) is 4.37. The van der Waals surface area contributed by atoms with Crippen LogP contribution in [0.2, 0.25) is 0 Å². The van der Waals surface area contributed by atoms with Crippen molar-refractivity contribution in [3.05, 3.63) is 36.0 Å². The Hall–Kier alpha value is -1.81. The van der Waals surface area contributed by atoms with Gasteiger partial charge in [0, 0.05) is 12.1 Å². The first-order valence-electron chi connectivity index (χ1n) is 5.19. The summed E-state index contributed by atoms with van der Waals surface area (Å²) in [6.45, 7) is 0.922. The monoisotopic (exact) mass is 216 g/mol. The molecule has 0 unspecified atom stereocenters. The second-order valence-corrected chi connectivity index (χ2v) is 4.14. The highest BCUT2D eigenvalue weighted by Crippen LogP contribution is 2.24. The van der Waals surface area contributed by atoms with E-state index >= 15 is 0 Å². The van der Waals surface area contributed by atoms with Gasteiger partial charge in [0.2, 0.25) is 0 Å². The van der Waals surface area contributed by atoms with Crippen molar-refractivity contribution >= 4 is 5.82 Å². The van der Waals surface area contributed by atoms with Crippen molar-refractivity contribution in [1.29, 1.82) is 0 Å². The Labute approximate surface area is 95.1 Å². The summed E-state index contributed by atoms with van der Waals surface area (Å²) in [6.07, 6.45) is 1.75. The number of rotatable bonds is 3. The Balaban J connectivity index is 2.33. The molecule has 0 saturated carbocycles. The number of nitrogens with zero attached hydrogens (tertiary/aromatic N) is 2. The molecule has 4 nitrogen and oxygen atoms in total. The Kier molecular flexibility index (Phi) is 2.92. The molecule has 0 radical (unpaired) electrons. The molecule has 0 saturated heterocycles. The predicted molar refractivity (Wildman–Crippen MR) is 65.8 cm³/mol. The molecular weight excluding hydrogens is 200 g/mol. The van der Waals surface area contributed by atoms with Gasteiger partial charge in [-0.15, -0.1) is 0 Å². The third kappa shape index (κ3) is 2.23. The van der Waals surface area contributed by atoms with Crippen LogP contribution in [-0.4, -0.2) is 29.2 Å². The maximum atomic E-state index is 5.80. The zero-order valence-electron chi connectivity index (χ0n) is 9.57. The average Bonchev–Trinajstić information content (AvgIpc) is 2.64. The van der Waals surface area contributed by atoms with Crippen molar-refractivity contribution < 1.29 is 0 Å². The van der Waals surface area contributed by atoms with Crippen molar-refractivity contribution in [2.45, 2.75) is 6.54 Å². The van der Waals surface area contributed by atoms with Gasteiger partial charge in [-0.2, -0.15) is 5.10 Å². The summed E-state index contributed by atoms with van der Waals surface area (Å²) in [6, 6.07) is 8.34. The smallest absolute Gasteiger partial charge is 0.126 e. The summed E-state index contributed by atoms with van der Waals surface area (Å²) >= 11 is 0. The summed E-state index contributed by atoms with van der Waals surface area (Å²) < 4.78 is 0. The molecule has 4 heteroatoms. The van der Waals surface area contributed by atoms with E-state index in [1.165, 1.54) is 5.56 Å². The van der Waals surface area contributed by atoms with Gasteiger partial charge in [0.15, 0.2) is 0 Å². The molecule has 2 rings (SSSR count). The van der Waals surface area contributed by atoms with Gasteiger partial charge in [-0.25, -0.2) is 0 Å². The minimum atomic E-state index is 0.613. The summed E-state index contributed by atoms with van der Waals surface area (Å²) in [5, 5.41) is 6.67. The molecule has 2 aromatic rings. The van der Waals surface area contributed by atoms with E-state index in [-0.39, 0.29) is 0 Å². The highest BCUT2D eigenvalue weighted by atomic mass is 15.1. The molecule has 0 bridgehead atoms. The van der Waals surface area contributed by atoms with Crippen LogP contribution in [0.4, 0.5) is 5.82 Å². The maximum absolute atomic E-state index is 5.80. The van der Waals surface area contributed by atoms with Crippen LogP contribution in [0.25, 0.3) is 11.1 Å². The van der Waals surface area contributed by atoms with Crippen molar-refractivity contribution in [2.24, 2.45) is 0 Å². The number of nitrogens with one attached hydrogen (secondary N) is 1. The van der Waals surface area contributed by atoms with Crippen LogP contribution in [0, 0.1) is 0 Å². The first kappa shape index (κ1) is 10.7. The zero-order valence-corrected chi connectivity index (χ0v) is 9.57. The van der Waals surface area contributed by atoms with E-state index in [2.05, 4.69) is 41.3 Å². The minimum Gasteiger partial charge on any atom is -0.384 e. The second-order valence-electron chi connectivity index (χ2n) is 4.14. The summed E-state index contributed by atoms with van der Waals surface area (Å²) in [5.74, 6) is 0.613. The lowest BCUT2D eigenvalue weighted by Gasteiger charge is -2.10. The molecule has 16 heavy (non-hydrogen) atoms. The number of benzene rings is 1. The molecule has 84 valence electrons. The normalized spacial score (nSPS) is 10.9. The Morgan fingerprint density at radius 2 is 2.19 bits per heavy atom. The Morgan fingerprint density at radius 3 is 2.81 bits per heavy atom. The van der Waals surface area contributed by atoms with E-state index < -0.39 is 0 Å². The number of aromatic nitrogens is 2. The van der Waals surface area contributed by atoms with Crippen molar-refractivity contribution in [3.63, 3.8) is 0 Å². The number of H-pyrrole nitrogens is 1. The van der Waals surface area contributed by atoms with Crippen LogP contribution in [0.5, 0.6) is 0 Å². The van der Waals surface area contributed by atoms with Gasteiger partial charge in [-0.05, 0) is 31.3 Å². The van der Waals surface area contributed by atoms with Crippen LogP contribution in [0.1, 0.15) is 5.56 Å². The van der Waals surface area contributed by atoms with Gasteiger partial charge in [-0.3, -0.25) is 5.10 Å². The van der Waals surface area contributed by atoms with E-state index in [0.717, 1.165) is 17.7 Å². The first-order valence-corrected chi connectivity index (χ1v) is 5.19. The number of hydrogen-bond acceptors (Lipinski definition) is 3. The lowest BCUT2D eigenvalue weighted by molar-refractivity contribution is 0.402. The van der Waals surface area contributed by atoms with Crippen LogP contribution < -0.4 is 5.73 Å². The average molecular weight is 216 g/mol. The minimum absolute atomic E-state index is 0.613. The number of nitrogens with two attached hydrogens (primary N) is 1. The molecule has 1 heterocycles. The van der Waals surface area contributed by atoms with E-state index in [1.807, 2.05) is 12.1 Å². The standard InChI is InChI=1S/C12H16N4/c1-16(2)8-9-4-3-5-10(6-9)11-7-14-15-12(11)13/h3-7H,8H2,1-2H3,(H3,13,14,15). The topological polar surface area (TPSA) is 57.9 Å². The van der Waals surface area contributed by atoms with Crippen molar-refractivity contribution in [3.8, 4) is 11.1 Å². The van der Waals surface area contributed by atoms with Crippen molar-refractivity contribution in [2.75, 3.05) is 19.8 Å². The van der Waals surface area contributed by atoms with Crippen LogP contribution in [0.15, 0.2) is 30.5 Å². The Bertz CT molecular complexity index is 473. The fraction of sp³-hybridized carbons (Fsp3) is 0.250. The first-order chi connectivity index (χ1) is 7.66. The summed E-state index contributed by atoms with van der Waals surface area (Å²) in [5.41, 5.74) is 9.12. The third-order valence-electron chi connectivity index (χ3n) is 2.41. The number of anilines is 1. The highest BCUT2D eigenvalue weighted by Gasteiger charge is 2.05. The van der Waals surface area contributed by atoms with Gasteiger partial charge < -0.3 is 10.6 Å². The van der Waals surface area contributed by atoms with Gasteiger partial charge in [0.05, 0.1) is 6.20 Å². The Morgan fingerprint density at radius 1 is 1.38 bits per heavy atom. The van der Waals surface area contributed by atoms with Crippen LogP contribution >= 0.6 is 0 Å². The summed E-state index contributed by atoms with van der Waals surface area (Å²) in [4.78, 5) is 2.14. The van der Waals surface area contributed by atoms with E-state index in [1.54, 1.807) is 6.20 Å². The molecule has 0 fully saturated rings. The van der Waals surface area contributed by atoms with Gasteiger partial charge >= 0.3 is 0 Å². The SMILES string of the molecule is CN(C)Cc1cccc(-c2cn[nH]c2N)c1. The predicted octanol–water partition coefficient (Wildman–Crippen LogP) is 1.72. The van der Waals surface area contributed by atoms with Gasteiger partial charge in [0.25, 0.3) is 0 Å². The molecule has 0 aliphatic heterocycles. The maximum Gasteiger partial charge on any atom is 0.126 e. The molecule has 0 atom stereocenters. The zero-order chi connectivity index (χ0) is 11.5. The lowest BCUT2D eigenvalue weighted by atomic mass is 10.1. The molecule has 0 amide bonds. The number of nitrogen functional groups attached to an aromatic ring is 1. The van der Waals surface area contributed by atoms with Gasteiger partial charge in [-0.1, -0.05) is 18.2 Å². The molecule has 0 aliphatic rings. The molecule has 0 aliphatic carbocycles. The molecule has 1 aromatic heterocycles. The van der Waals surface area contributed by atoms with Crippen LogP contribution in [-0.2, 0) is 6.54 Å². The molecule has 1 aromatic carbocycles. The molecule has 3 N–H and O–H groups in total. The van der Waals surface area contributed by atoms with Gasteiger partial charge in [0.1, 0.15) is 5.82 Å². The van der Waals surface area contributed by atoms with Crippen molar-refractivity contribution in [1.82, 2.24) is 15.1 Å².